The highest BCUT2D eigenvalue weighted by Crippen LogP contribution is 2.25. The molecule has 0 amide bonds. The summed E-state index contributed by atoms with van der Waals surface area (Å²) in [6.07, 6.45) is 0. The Morgan fingerprint density at radius 2 is 2.00 bits per heavy atom. The number of hydrogen-bond acceptors (Lipinski definition) is 2. The van der Waals surface area contributed by atoms with Crippen LogP contribution in [0, 0.1) is 3.57 Å². The number of hydrogen-bond donors (Lipinski definition) is 1. The van der Waals surface area contributed by atoms with Gasteiger partial charge in [-0.1, -0.05) is 11.6 Å². The van der Waals surface area contributed by atoms with Gasteiger partial charge in [0.1, 0.15) is 0 Å². The first-order chi connectivity index (χ1) is 7.74. The van der Waals surface area contributed by atoms with Crippen LogP contribution < -0.4 is 4.72 Å². The van der Waals surface area contributed by atoms with E-state index in [0.717, 1.165) is 3.57 Å². The largest absolute Gasteiger partial charge is 0.301 e. The van der Waals surface area contributed by atoms with Crippen molar-refractivity contribution in [3.63, 3.8) is 0 Å². The molecule has 4 nitrogen and oxygen atoms in total. The van der Waals surface area contributed by atoms with Gasteiger partial charge >= 0.3 is 10.2 Å². The molecule has 1 N–H and O–H groups in total. The van der Waals surface area contributed by atoms with Crippen LogP contribution in [0.2, 0.25) is 5.02 Å². The number of anilines is 1. The Hall–Kier alpha value is -0.0500. The summed E-state index contributed by atoms with van der Waals surface area (Å²) in [5, 5.41) is 0.387. The average molecular weight is 389 g/mol. The summed E-state index contributed by atoms with van der Waals surface area (Å²) in [6.45, 7) is 3.60. The van der Waals surface area contributed by atoms with Gasteiger partial charge in [-0.3, -0.25) is 4.72 Å². The van der Waals surface area contributed by atoms with Crippen LogP contribution in [0.25, 0.3) is 0 Å². The van der Waals surface area contributed by atoms with Crippen molar-refractivity contribution in [1.29, 1.82) is 0 Å². The van der Waals surface area contributed by atoms with Gasteiger partial charge in [-0.25, -0.2) is 0 Å². The Morgan fingerprint density at radius 1 is 1.41 bits per heavy atom. The zero-order valence-corrected chi connectivity index (χ0v) is 13.5. The van der Waals surface area contributed by atoms with Gasteiger partial charge < -0.3 is 0 Å². The van der Waals surface area contributed by atoms with Crippen molar-refractivity contribution in [3.8, 4) is 0 Å². The van der Waals surface area contributed by atoms with E-state index in [4.69, 9.17) is 11.6 Å². The summed E-state index contributed by atoms with van der Waals surface area (Å²) in [4.78, 5) is 0. The van der Waals surface area contributed by atoms with E-state index < -0.39 is 10.2 Å². The topological polar surface area (TPSA) is 49.4 Å². The standard InChI is InChI=1S/C10H14ClIN2O2S/c1-7(2)14(3)17(15,16)13-10-5-4-8(12)6-9(10)11/h4-7,13H,1-3H3. The van der Waals surface area contributed by atoms with E-state index in [2.05, 4.69) is 27.3 Å². The van der Waals surface area contributed by atoms with Crippen LogP contribution in [0.5, 0.6) is 0 Å². The molecule has 7 heteroatoms. The molecule has 0 saturated heterocycles. The first-order valence-electron chi connectivity index (χ1n) is 4.95. The molecule has 0 atom stereocenters. The highest BCUT2D eigenvalue weighted by Gasteiger charge is 2.21. The second-order valence-corrected chi connectivity index (χ2v) is 7.22. The summed E-state index contributed by atoms with van der Waals surface area (Å²) in [6, 6.07) is 5.03. The molecule has 1 aromatic carbocycles. The molecule has 1 aromatic rings. The average Bonchev–Trinajstić information content (AvgIpc) is 2.21. The van der Waals surface area contributed by atoms with Crippen LogP contribution in [-0.4, -0.2) is 25.8 Å². The Bertz CT molecular complexity index is 505. The lowest BCUT2D eigenvalue weighted by molar-refractivity contribution is 0.414. The Labute approximate surface area is 121 Å². The molecule has 0 aliphatic heterocycles. The van der Waals surface area contributed by atoms with Gasteiger partial charge in [0, 0.05) is 16.7 Å². The maximum absolute atomic E-state index is 11.9. The van der Waals surface area contributed by atoms with E-state index in [1.54, 1.807) is 32.0 Å². The second kappa shape index (κ2) is 5.73. The quantitative estimate of drug-likeness (QED) is 0.806. The van der Waals surface area contributed by atoms with Gasteiger partial charge in [0.25, 0.3) is 0 Å². The minimum absolute atomic E-state index is 0.116. The van der Waals surface area contributed by atoms with E-state index >= 15 is 0 Å². The lowest BCUT2D eigenvalue weighted by atomic mass is 10.3. The number of halogens is 2. The molecular weight excluding hydrogens is 375 g/mol. The minimum Gasteiger partial charge on any atom is -0.269 e. The third-order valence-corrected chi connectivity index (χ3v) is 4.92. The fourth-order valence-electron chi connectivity index (χ4n) is 1.06. The zero-order chi connectivity index (χ0) is 13.2. The molecular formula is C10H14ClIN2O2S. The normalized spacial score (nSPS) is 12.2. The van der Waals surface area contributed by atoms with Crippen molar-refractivity contribution in [3.05, 3.63) is 26.8 Å². The summed E-state index contributed by atoms with van der Waals surface area (Å²) in [5.41, 5.74) is 0.389. The van der Waals surface area contributed by atoms with Gasteiger partial charge in [-0.15, -0.1) is 0 Å². The lowest BCUT2D eigenvalue weighted by Crippen LogP contribution is -2.37. The van der Waals surface area contributed by atoms with Crippen molar-refractivity contribution >= 4 is 50.1 Å². The van der Waals surface area contributed by atoms with Gasteiger partial charge in [0.05, 0.1) is 10.7 Å². The molecule has 0 aliphatic rings. The Kier molecular flexibility index (Phi) is 5.06. The summed E-state index contributed by atoms with van der Waals surface area (Å²) < 4.78 is 28.5. The molecule has 0 bridgehead atoms. The molecule has 0 radical (unpaired) electrons. The number of nitrogens with one attached hydrogen (secondary N) is 1. The van der Waals surface area contributed by atoms with Crippen molar-refractivity contribution < 1.29 is 8.42 Å². The summed E-state index contributed by atoms with van der Waals surface area (Å²) in [7, 11) is -2.03. The van der Waals surface area contributed by atoms with Crippen LogP contribution >= 0.6 is 34.2 Å². The number of benzene rings is 1. The molecule has 96 valence electrons. The molecule has 0 heterocycles. The van der Waals surface area contributed by atoms with E-state index in [0.29, 0.717) is 10.7 Å². The van der Waals surface area contributed by atoms with Gasteiger partial charge in [0.2, 0.25) is 0 Å². The minimum atomic E-state index is -3.55. The van der Waals surface area contributed by atoms with E-state index in [-0.39, 0.29) is 6.04 Å². The van der Waals surface area contributed by atoms with Crippen LogP contribution in [-0.2, 0) is 10.2 Å². The predicted octanol–water partition coefficient (Wildman–Crippen LogP) is 2.94. The molecule has 0 aliphatic carbocycles. The first kappa shape index (κ1) is 15.0. The summed E-state index contributed by atoms with van der Waals surface area (Å²) in [5.74, 6) is 0. The van der Waals surface area contributed by atoms with Crippen molar-refractivity contribution in [2.45, 2.75) is 19.9 Å². The van der Waals surface area contributed by atoms with Gasteiger partial charge in [-0.2, -0.15) is 12.7 Å². The molecule has 1 rings (SSSR count). The molecule has 0 aromatic heterocycles. The predicted molar refractivity (Wildman–Crippen MR) is 79.6 cm³/mol. The maximum Gasteiger partial charge on any atom is 0.301 e. The fraction of sp³-hybridized carbons (Fsp3) is 0.400. The maximum atomic E-state index is 11.9. The Balaban J connectivity index is 2.98. The van der Waals surface area contributed by atoms with E-state index in [1.165, 1.54) is 11.4 Å². The van der Waals surface area contributed by atoms with Crippen LogP contribution in [0.1, 0.15) is 13.8 Å². The molecule has 0 unspecified atom stereocenters. The third kappa shape index (κ3) is 3.97. The highest BCUT2D eigenvalue weighted by atomic mass is 127. The SMILES string of the molecule is CC(C)N(C)S(=O)(=O)Nc1ccc(I)cc1Cl. The van der Waals surface area contributed by atoms with Crippen molar-refractivity contribution in [2.24, 2.45) is 0 Å². The van der Waals surface area contributed by atoms with Crippen molar-refractivity contribution in [1.82, 2.24) is 4.31 Å². The van der Waals surface area contributed by atoms with Gasteiger partial charge in [0.15, 0.2) is 0 Å². The van der Waals surface area contributed by atoms with E-state index in [1.807, 2.05) is 0 Å². The Morgan fingerprint density at radius 3 is 2.47 bits per heavy atom. The number of nitrogens with zero attached hydrogens (tertiary/aromatic N) is 1. The van der Waals surface area contributed by atoms with Crippen molar-refractivity contribution in [2.75, 3.05) is 11.8 Å². The third-order valence-electron chi connectivity index (χ3n) is 2.28. The lowest BCUT2D eigenvalue weighted by Gasteiger charge is -2.22. The zero-order valence-electron chi connectivity index (χ0n) is 9.74. The fourth-order valence-corrected chi connectivity index (χ4v) is 3.17. The van der Waals surface area contributed by atoms with E-state index in [9.17, 15) is 8.42 Å². The molecule has 17 heavy (non-hydrogen) atoms. The summed E-state index contributed by atoms with van der Waals surface area (Å²) >= 11 is 8.08. The highest BCUT2D eigenvalue weighted by molar-refractivity contribution is 14.1. The molecule has 0 fully saturated rings. The molecule has 0 spiro atoms. The van der Waals surface area contributed by atoms with Crippen LogP contribution in [0.3, 0.4) is 0 Å². The number of rotatable bonds is 4. The molecule has 0 saturated carbocycles. The second-order valence-electron chi connectivity index (χ2n) is 3.84. The monoisotopic (exact) mass is 388 g/mol. The smallest absolute Gasteiger partial charge is 0.269 e. The first-order valence-corrected chi connectivity index (χ1v) is 7.84. The van der Waals surface area contributed by atoms with Crippen LogP contribution in [0.15, 0.2) is 18.2 Å². The van der Waals surface area contributed by atoms with Gasteiger partial charge in [-0.05, 0) is 54.6 Å². The van der Waals surface area contributed by atoms with Crippen LogP contribution in [0.4, 0.5) is 5.69 Å².